The first-order valence-electron chi connectivity index (χ1n) is 9.61. The van der Waals surface area contributed by atoms with Crippen molar-refractivity contribution in [2.24, 2.45) is 10.8 Å². The Morgan fingerprint density at radius 3 is 2.32 bits per heavy atom. The molecule has 2 heterocycles. The van der Waals surface area contributed by atoms with E-state index in [1.165, 1.54) is 0 Å². The van der Waals surface area contributed by atoms with E-state index in [1.807, 2.05) is 42.5 Å². The molecule has 2 saturated heterocycles. The summed E-state index contributed by atoms with van der Waals surface area (Å²) >= 11 is 0. The molecule has 2 atom stereocenters. The Morgan fingerprint density at radius 1 is 1.00 bits per heavy atom. The van der Waals surface area contributed by atoms with Crippen LogP contribution in [0.15, 0.2) is 54.6 Å². The second-order valence-electron chi connectivity index (χ2n) is 9.29. The van der Waals surface area contributed by atoms with Crippen LogP contribution in [0.2, 0.25) is 0 Å². The van der Waals surface area contributed by atoms with E-state index >= 15 is 0 Å². The third-order valence-corrected chi connectivity index (χ3v) is 5.93. The normalized spacial score (nSPS) is 28.3. The van der Waals surface area contributed by atoms with Crippen molar-refractivity contribution in [3.8, 4) is 0 Å². The van der Waals surface area contributed by atoms with E-state index in [4.69, 9.17) is 14.5 Å². The molecule has 2 unspecified atom stereocenters. The zero-order valence-electron chi connectivity index (χ0n) is 17.0. The van der Waals surface area contributed by atoms with Gasteiger partial charge in [0, 0.05) is 27.6 Å². The zero-order valence-corrected chi connectivity index (χ0v) is 17.0. The fourth-order valence-corrected chi connectivity index (χ4v) is 4.83. The Balaban J connectivity index is 1.69. The molecule has 1 amide bonds. The molecule has 2 aromatic rings. The highest BCUT2D eigenvalue weighted by molar-refractivity contribution is 6.04. The molecule has 2 aromatic carbocycles. The van der Waals surface area contributed by atoms with Gasteiger partial charge in [-0.1, -0.05) is 65.0 Å². The van der Waals surface area contributed by atoms with E-state index in [0.29, 0.717) is 17.9 Å². The predicted molar refractivity (Wildman–Crippen MR) is 107 cm³/mol. The molecule has 0 spiro atoms. The first kappa shape index (κ1) is 19.1. The molecule has 0 aliphatic carbocycles. The van der Waals surface area contributed by atoms with Gasteiger partial charge >= 0.3 is 0 Å². The Bertz CT molecular complexity index is 902. The molecule has 2 aliphatic rings. The third-order valence-electron chi connectivity index (χ3n) is 5.93. The van der Waals surface area contributed by atoms with Crippen molar-refractivity contribution in [3.05, 3.63) is 65.7 Å². The third kappa shape index (κ3) is 2.47. The number of ether oxygens (including phenoxy) is 1. The van der Waals surface area contributed by atoms with Crippen LogP contribution in [0, 0.1) is 10.8 Å². The van der Waals surface area contributed by atoms with Crippen LogP contribution >= 0.6 is 0 Å². The first-order valence-corrected chi connectivity index (χ1v) is 9.61. The SMILES string of the molecule is CC(C)(C)C12OOC1(c1cccc(NC(=O)c3ccccc3)c1)OCC2(C)C. The maximum Gasteiger partial charge on any atom is 0.261 e. The van der Waals surface area contributed by atoms with Gasteiger partial charge in [-0.05, 0) is 24.3 Å². The Labute approximate surface area is 165 Å². The smallest absolute Gasteiger partial charge is 0.261 e. The Kier molecular flexibility index (Phi) is 4.20. The number of carbonyl (C=O) groups is 1. The monoisotopic (exact) mass is 381 g/mol. The molecular weight excluding hydrogens is 354 g/mol. The molecule has 2 aliphatic heterocycles. The first-order chi connectivity index (χ1) is 13.1. The minimum absolute atomic E-state index is 0.157. The lowest BCUT2D eigenvalue weighted by atomic mass is 9.57. The van der Waals surface area contributed by atoms with Crippen LogP contribution in [0.1, 0.15) is 50.5 Å². The van der Waals surface area contributed by atoms with Crippen molar-refractivity contribution >= 4 is 11.6 Å². The summed E-state index contributed by atoms with van der Waals surface area (Å²) in [6.07, 6.45) is 0. The van der Waals surface area contributed by atoms with Crippen LogP contribution in [-0.2, 0) is 20.3 Å². The number of rotatable bonds is 3. The lowest BCUT2D eigenvalue weighted by Crippen LogP contribution is -2.73. The van der Waals surface area contributed by atoms with Gasteiger partial charge in [-0.3, -0.25) is 4.79 Å². The van der Waals surface area contributed by atoms with Gasteiger partial charge in [-0.2, -0.15) is 4.89 Å². The van der Waals surface area contributed by atoms with Crippen molar-refractivity contribution in [1.29, 1.82) is 0 Å². The van der Waals surface area contributed by atoms with Gasteiger partial charge < -0.3 is 10.1 Å². The van der Waals surface area contributed by atoms with Crippen molar-refractivity contribution in [2.45, 2.75) is 46.0 Å². The van der Waals surface area contributed by atoms with Gasteiger partial charge in [0.2, 0.25) is 0 Å². The quantitative estimate of drug-likeness (QED) is 0.769. The zero-order chi connectivity index (χ0) is 20.2. The van der Waals surface area contributed by atoms with Crippen molar-refractivity contribution < 1.29 is 19.3 Å². The maximum atomic E-state index is 12.5. The van der Waals surface area contributed by atoms with Gasteiger partial charge in [-0.15, -0.1) is 0 Å². The lowest BCUT2D eigenvalue weighted by Gasteiger charge is -2.61. The number of benzene rings is 2. The molecule has 0 saturated carbocycles. The number of amides is 1. The average molecular weight is 381 g/mol. The van der Waals surface area contributed by atoms with Gasteiger partial charge in [0.25, 0.3) is 11.7 Å². The standard InChI is InChI=1S/C23H27NO4/c1-20(2,3)23-21(4,5)15-26-22(23,27-28-23)17-12-9-13-18(14-17)24-19(25)16-10-7-6-8-11-16/h6-14H,15H2,1-5H3,(H,24,25). The van der Waals surface area contributed by atoms with E-state index in [1.54, 1.807) is 12.1 Å². The van der Waals surface area contributed by atoms with Crippen LogP contribution < -0.4 is 5.32 Å². The summed E-state index contributed by atoms with van der Waals surface area (Å²) in [6.45, 7) is 11.2. The molecule has 5 nitrogen and oxygen atoms in total. The topological polar surface area (TPSA) is 56.8 Å². The minimum Gasteiger partial charge on any atom is -0.341 e. The molecule has 0 radical (unpaired) electrons. The summed E-state index contributed by atoms with van der Waals surface area (Å²) in [4.78, 5) is 24.1. The van der Waals surface area contributed by atoms with Crippen LogP contribution in [0.5, 0.6) is 0 Å². The highest BCUT2D eigenvalue weighted by atomic mass is 17.3. The van der Waals surface area contributed by atoms with Crippen LogP contribution in [0.4, 0.5) is 5.69 Å². The molecule has 1 N–H and O–H groups in total. The van der Waals surface area contributed by atoms with Crippen molar-refractivity contribution in [3.63, 3.8) is 0 Å². The number of hydrogen-bond donors (Lipinski definition) is 1. The van der Waals surface area contributed by atoms with Gasteiger partial charge in [-0.25, -0.2) is 4.89 Å². The summed E-state index contributed by atoms with van der Waals surface area (Å²) in [7, 11) is 0. The molecule has 0 aromatic heterocycles. The number of fused-ring (bicyclic) bond motifs is 1. The maximum absolute atomic E-state index is 12.5. The second-order valence-corrected chi connectivity index (χ2v) is 9.29. The molecule has 2 fully saturated rings. The van der Waals surface area contributed by atoms with Crippen LogP contribution in [0.25, 0.3) is 0 Å². The van der Waals surface area contributed by atoms with E-state index in [-0.39, 0.29) is 16.7 Å². The highest BCUT2D eigenvalue weighted by Crippen LogP contribution is 2.69. The average Bonchev–Trinajstić information content (AvgIpc) is 2.77. The van der Waals surface area contributed by atoms with Crippen LogP contribution in [0.3, 0.4) is 0 Å². The largest absolute Gasteiger partial charge is 0.341 e. The minimum atomic E-state index is -0.998. The number of nitrogens with one attached hydrogen (secondary N) is 1. The molecule has 28 heavy (non-hydrogen) atoms. The highest BCUT2D eigenvalue weighted by Gasteiger charge is 2.81. The summed E-state index contributed by atoms with van der Waals surface area (Å²) < 4.78 is 6.26. The number of anilines is 1. The van der Waals surface area contributed by atoms with Gasteiger partial charge in [0.15, 0.2) is 5.60 Å². The lowest BCUT2D eigenvalue weighted by molar-refractivity contribution is -0.626. The second kappa shape index (κ2) is 6.14. The molecule has 148 valence electrons. The van der Waals surface area contributed by atoms with E-state index in [2.05, 4.69) is 39.9 Å². The van der Waals surface area contributed by atoms with Gasteiger partial charge in [0.1, 0.15) is 0 Å². The number of carbonyl (C=O) groups excluding carboxylic acids is 1. The molecule has 5 heteroatoms. The van der Waals surface area contributed by atoms with E-state index in [0.717, 1.165) is 5.56 Å². The summed E-state index contributed by atoms with van der Waals surface area (Å²) in [5.74, 6) is -1.15. The van der Waals surface area contributed by atoms with Gasteiger partial charge in [0.05, 0.1) is 6.61 Å². The molecular formula is C23H27NO4. The summed E-state index contributed by atoms with van der Waals surface area (Å²) in [6, 6.07) is 16.8. The molecule has 0 bridgehead atoms. The van der Waals surface area contributed by atoms with E-state index in [9.17, 15) is 4.79 Å². The fraction of sp³-hybridized carbons (Fsp3) is 0.435. The fourth-order valence-electron chi connectivity index (χ4n) is 4.83. The number of hydrogen-bond acceptors (Lipinski definition) is 4. The van der Waals surface area contributed by atoms with Crippen LogP contribution in [-0.4, -0.2) is 18.1 Å². The molecule has 4 rings (SSSR count). The summed E-state index contributed by atoms with van der Waals surface area (Å²) in [5, 5.41) is 2.96. The van der Waals surface area contributed by atoms with Crippen molar-refractivity contribution in [2.75, 3.05) is 11.9 Å². The van der Waals surface area contributed by atoms with Crippen molar-refractivity contribution in [1.82, 2.24) is 0 Å². The Morgan fingerprint density at radius 2 is 1.71 bits per heavy atom. The predicted octanol–water partition coefficient (Wildman–Crippen LogP) is 4.89. The summed E-state index contributed by atoms with van der Waals surface area (Å²) in [5.41, 5.74) is 1.02. The van der Waals surface area contributed by atoms with E-state index < -0.39 is 11.4 Å². The Hall–Kier alpha value is -2.21.